The highest BCUT2D eigenvalue weighted by Crippen LogP contribution is 2.31. The van der Waals surface area contributed by atoms with Crippen LogP contribution in [0.5, 0.6) is 5.75 Å². The van der Waals surface area contributed by atoms with E-state index in [0.29, 0.717) is 13.0 Å². The van der Waals surface area contributed by atoms with Crippen molar-refractivity contribution in [1.29, 1.82) is 0 Å². The molecular formula is C12H15BN2O2. The van der Waals surface area contributed by atoms with Gasteiger partial charge in [0.2, 0.25) is 7.28 Å². The first kappa shape index (κ1) is 11.7. The fraction of sp³-hybridized carbons (Fsp3) is 0.250. The average Bonchev–Trinajstić information content (AvgIpc) is 2.70. The fourth-order valence-electron chi connectivity index (χ4n) is 2.02. The van der Waals surface area contributed by atoms with Gasteiger partial charge < -0.3 is 15.2 Å². The van der Waals surface area contributed by atoms with Crippen LogP contribution < -0.4 is 15.9 Å². The fourth-order valence-corrected chi connectivity index (χ4v) is 2.02. The lowest BCUT2D eigenvalue weighted by atomic mass is 9.70. The lowest BCUT2D eigenvalue weighted by Gasteiger charge is -2.14. The van der Waals surface area contributed by atoms with E-state index in [1.165, 1.54) is 0 Å². The maximum atomic E-state index is 5.74. The highest BCUT2D eigenvalue weighted by molar-refractivity contribution is 6.87. The third-order valence-corrected chi connectivity index (χ3v) is 2.82. The summed E-state index contributed by atoms with van der Waals surface area (Å²) in [5, 5.41) is 0. The third-order valence-electron chi connectivity index (χ3n) is 2.82. The van der Waals surface area contributed by atoms with E-state index in [0.717, 1.165) is 22.5 Å². The first-order valence-corrected chi connectivity index (χ1v) is 5.38. The van der Waals surface area contributed by atoms with E-state index < -0.39 is 0 Å². The Kier molecular flexibility index (Phi) is 3.20. The summed E-state index contributed by atoms with van der Waals surface area (Å²) in [5.74, 6) is 0.724. The van der Waals surface area contributed by atoms with E-state index in [1.807, 2.05) is 12.1 Å². The van der Waals surface area contributed by atoms with E-state index in [1.54, 1.807) is 20.3 Å². The van der Waals surface area contributed by atoms with E-state index in [9.17, 15) is 0 Å². The molecule has 4 nitrogen and oxygen atoms in total. The van der Waals surface area contributed by atoms with Crippen molar-refractivity contribution in [2.75, 3.05) is 14.2 Å². The largest absolute Gasteiger partial charge is 0.495 e. The zero-order valence-corrected chi connectivity index (χ0v) is 10.1. The first-order chi connectivity index (χ1) is 8.19. The number of nitrogens with zero attached hydrogens (tertiary/aromatic N) is 1. The van der Waals surface area contributed by atoms with Gasteiger partial charge in [-0.3, -0.25) is 0 Å². The Morgan fingerprint density at radius 1 is 1.47 bits per heavy atom. The molecule has 1 aromatic rings. The van der Waals surface area contributed by atoms with E-state index >= 15 is 0 Å². The molecule has 0 radical (unpaired) electrons. The molecule has 88 valence electrons. The minimum atomic E-state index is -0.143. The van der Waals surface area contributed by atoms with E-state index in [4.69, 9.17) is 15.2 Å². The lowest BCUT2D eigenvalue weighted by Crippen LogP contribution is -2.25. The molecule has 1 aliphatic heterocycles. The van der Waals surface area contributed by atoms with Gasteiger partial charge in [-0.2, -0.15) is 0 Å². The van der Waals surface area contributed by atoms with Gasteiger partial charge in [-0.15, -0.1) is 6.58 Å². The van der Waals surface area contributed by atoms with Crippen LogP contribution in [-0.2, 0) is 4.74 Å². The number of methoxy groups -OCH3 is 2. The Balaban J connectivity index is 2.48. The van der Waals surface area contributed by atoms with Crippen molar-refractivity contribution < 1.29 is 9.47 Å². The van der Waals surface area contributed by atoms with Crippen LogP contribution in [0.3, 0.4) is 0 Å². The number of aliphatic imine (C=N–C) groups is 1. The molecule has 0 aliphatic carbocycles. The topological polar surface area (TPSA) is 56.8 Å². The van der Waals surface area contributed by atoms with Crippen LogP contribution in [0.25, 0.3) is 0 Å². The monoisotopic (exact) mass is 230 g/mol. The molecule has 5 heteroatoms. The second-order valence-corrected chi connectivity index (χ2v) is 3.90. The molecule has 2 N–H and O–H groups in total. The summed E-state index contributed by atoms with van der Waals surface area (Å²) in [6, 6.07) is 3.95. The van der Waals surface area contributed by atoms with Crippen molar-refractivity contribution in [3.8, 4) is 5.75 Å². The summed E-state index contributed by atoms with van der Waals surface area (Å²) in [7, 11) is 3.93. The van der Waals surface area contributed by atoms with Crippen molar-refractivity contribution in [1.82, 2.24) is 0 Å². The van der Waals surface area contributed by atoms with Gasteiger partial charge in [0.05, 0.1) is 12.8 Å². The highest BCUT2D eigenvalue weighted by atomic mass is 16.5. The molecule has 1 unspecified atom stereocenters. The van der Waals surface area contributed by atoms with Crippen LogP contribution >= 0.6 is 0 Å². The van der Waals surface area contributed by atoms with E-state index in [2.05, 4.69) is 11.6 Å². The maximum Gasteiger partial charge on any atom is 0.240 e. The van der Waals surface area contributed by atoms with Gasteiger partial charge in [-0.25, -0.2) is 4.99 Å². The molecule has 0 amide bonds. The number of benzene rings is 1. The molecule has 1 heterocycles. The lowest BCUT2D eigenvalue weighted by molar-refractivity contribution is 0.143. The van der Waals surface area contributed by atoms with Crippen LogP contribution in [0.15, 0.2) is 29.8 Å². The number of fused-ring (bicyclic) bond motifs is 1. The smallest absolute Gasteiger partial charge is 0.240 e. The molecule has 1 aromatic carbocycles. The number of ether oxygens (including phenoxy) is 2. The molecule has 0 spiro atoms. The van der Waals surface area contributed by atoms with Crippen LogP contribution in [0.4, 0.5) is 5.69 Å². The Labute approximate surface area is 101 Å². The Bertz CT molecular complexity index is 486. The minimum absolute atomic E-state index is 0.143. The predicted octanol–water partition coefficient (Wildman–Crippen LogP) is 0.590. The van der Waals surface area contributed by atoms with Crippen LogP contribution in [0.2, 0.25) is 0 Å². The molecular weight excluding hydrogens is 215 g/mol. The van der Waals surface area contributed by atoms with Crippen LogP contribution in [0, 0.1) is 0 Å². The number of amidine groups is 1. The normalized spacial score (nSPS) is 14.6. The first-order valence-electron chi connectivity index (χ1n) is 5.38. The summed E-state index contributed by atoms with van der Waals surface area (Å²) < 4.78 is 10.7. The second kappa shape index (κ2) is 4.63. The molecule has 1 atom stereocenters. The second-order valence-electron chi connectivity index (χ2n) is 3.90. The SMILES string of the molecule is C=CC(OC)c1cc2c(c(OC)c1)N=C(N)B2. The number of hydrogen-bond donors (Lipinski definition) is 1. The Hall–Kier alpha value is -1.75. The van der Waals surface area contributed by atoms with E-state index in [-0.39, 0.29) is 6.10 Å². The van der Waals surface area contributed by atoms with Gasteiger partial charge in [0, 0.05) is 7.11 Å². The van der Waals surface area contributed by atoms with Crippen LogP contribution in [0.1, 0.15) is 11.7 Å². The Morgan fingerprint density at radius 2 is 2.24 bits per heavy atom. The average molecular weight is 230 g/mol. The predicted molar refractivity (Wildman–Crippen MR) is 71.0 cm³/mol. The molecule has 1 aliphatic rings. The van der Waals surface area contributed by atoms with Gasteiger partial charge in [0.15, 0.2) is 0 Å². The maximum absolute atomic E-state index is 5.74. The van der Waals surface area contributed by atoms with Crippen molar-refractivity contribution in [3.63, 3.8) is 0 Å². The van der Waals surface area contributed by atoms with Crippen molar-refractivity contribution in [3.05, 3.63) is 30.4 Å². The molecule has 0 fully saturated rings. The number of hydrogen-bond acceptors (Lipinski definition) is 4. The molecule has 0 bridgehead atoms. The summed E-state index contributed by atoms with van der Waals surface area (Å²) in [6.45, 7) is 3.75. The molecule has 2 rings (SSSR count). The van der Waals surface area contributed by atoms with Gasteiger partial charge in [0.25, 0.3) is 0 Å². The summed E-state index contributed by atoms with van der Waals surface area (Å²) in [5.41, 5.74) is 9.26. The zero-order chi connectivity index (χ0) is 12.4. The minimum Gasteiger partial charge on any atom is -0.495 e. The molecule has 0 aromatic heterocycles. The number of rotatable bonds is 4. The van der Waals surface area contributed by atoms with Crippen molar-refractivity contribution >= 4 is 24.2 Å². The standard InChI is InChI=1S/C12H15BN2O2/c1-4-9(16-2)7-5-8-11(10(6-7)17-3)15-12(14)13-8/h4-6,9,13H,1H2,2-3H3,(H2,14,15). The number of nitrogens with two attached hydrogens (primary N) is 1. The summed E-state index contributed by atoms with van der Waals surface area (Å²) in [6.07, 6.45) is 1.61. The van der Waals surface area contributed by atoms with Gasteiger partial charge in [-0.1, -0.05) is 12.1 Å². The van der Waals surface area contributed by atoms with Crippen molar-refractivity contribution in [2.45, 2.75) is 6.10 Å². The van der Waals surface area contributed by atoms with Gasteiger partial charge in [0.1, 0.15) is 17.5 Å². The Morgan fingerprint density at radius 3 is 2.82 bits per heavy atom. The zero-order valence-electron chi connectivity index (χ0n) is 10.1. The molecule has 17 heavy (non-hydrogen) atoms. The highest BCUT2D eigenvalue weighted by Gasteiger charge is 2.21. The van der Waals surface area contributed by atoms with Gasteiger partial charge >= 0.3 is 0 Å². The quantitative estimate of drug-likeness (QED) is 0.608. The van der Waals surface area contributed by atoms with Crippen LogP contribution in [-0.4, -0.2) is 27.2 Å². The van der Waals surface area contributed by atoms with Crippen molar-refractivity contribution in [2.24, 2.45) is 10.7 Å². The summed E-state index contributed by atoms with van der Waals surface area (Å²) in [4.78, 5) is 4.28. The van der Waals surface area contributed by atoms with Gasteiger partial charge in [-0.05, 0) is 17.1 Å². The molecule has 0 saturated heterocycles. The third kappa shape index (κ3) is 2.06. The molecule has 0 saturated carbocycles. The summed E-state index contributed by atoms with van der Waals surface area (Å²) >= 11 is 0.